The highest BCUT2D eigenvalue weighted by Crippen LogP contribution is 2.42. The Hall–Kier alpha value is -4.71. The van der Waals surface area contributed by atoms with E-state index in [0.717, 1.165) is 53.0 Å². The molecule has 2 aromatic carbocycles. The van der Waals surface area contributed by atoms with Crippen molar-refractivity contribution in [1.82, 2.24) is 24.3 Å². The first-order valence-electron chi connectivity index (χ1n) is 15.4. The van der Waals surface area contributed by atoms with E-state index in [-0.39, 0.29) is 11.5 Å². The summed E-state index contributed by atoms with van der Waals surface area (Å²) < 4.78 is 51.1. The van der Waals surface area contributed by atoms with Gasteiger partial charge in [0.25, 0.3) is 5.91 Å². The number of amides is 1. The van der Waals surface area contributed by atoms with Gasteiger partial charge >= 0.3 is 6.18 Å². The third-order valence-electron chi connectivity index (χ3n) is 8.79. The number of anilines is 2. The predicted molar refractivity (Wildman–Crippen MR) is 169 cm³/mol. The van der Waals surface area contributed by atoms with Crippen LogP contribution in [0.25, 0.3) is 22.0 Å². The summed E-state index contributed by atoms with van der Waals surface area (Å²) in [7, 11) is 1.47. The monoisotopic (exact) mass is 629 g/mol. The number of hydrogen-bond donors (Lipinski definition) is 0. The molecule has 12 heteroatoms. The number of fused-ring (bicyclic) bond motifs is 2. The Kier molecular flexibility index (Phi) is 7.54. The Morgan fingerprint density at radius 2 is 1.74 bits per heavy atom. The smallest absolute Gasteiger partial charge is 0.378 e. The maximum Gasteiger partial charge on any atom is 0.435 e. The number of rotatable bonds is 6. The van der Waals surface area contributed by atoms with E-state index in [4.69, 9.17) is 9.72 Å². The zero-order valence-corrected chi connectivity index (χ0v) is 25.9. The largest absolute Gasteiger partial charge is 0.435 e. The molecule has 238 valence electrons. The van der Waals surface area contributed by atoms with Gasteiger partial charge in [-0.3, -0.25) is 14.5 Å². The lowest BCUT2D eigenvalue weighted by Crippen LogP contribution is -2.38. The summed E-state index contributed by atoms with van der Waals surface area (Å²) in [6.45, 7) is 7.44. The number of pyridine rings is 1. The number of morpholine rings is 1. The zero-order chi connectivity index (χ0) is 32.2. The summed E-state index contributed by atoms with van der Waals surface area (Å²) in [6.07, 6.45) is 2.98. The van der Waals surface area contributed by atoms with Crippen LogP contribution in [0.2, 0.25) is 0 Å². The van der Waals surface area contributed by atoms with E-state index in [1.165, 1.54) is 17.9 Å². The molecule has 7 rings (SSSR count). The van der Waals surface area contributed by atoms with Crippen molar-refractivity contribution in [2.75, 3.05) is 42.6 Å². The van der Waals surface area contributed by atoms with Gasteiger partial charge in [-0.05, 0) is 72.4 Å². The minimum absolute atomic E-state index is 0.0343. The minimum Gasteiger partial charge on any atom is -0.378 e. The quantitative estimate of drug-likeness (QED) is 0.236. The van der Waals surface area contributed by atoms with Crippen LogP contribution in [0, 0.1) is 6.92 Å². The second kappa shape index (κ2) is 11.6. The van der Waals surface area contributed by atoms with Crippen LogP contribution in [0.1, 0.15) is 45.4 Å². The van der Waals surface area contributed by atoms with Crippen molar-refractivity contribution in [3.8, 4) is 11.1 Å². The first kappa shape index (κ1) is 30.0. The number of alkyl halides is 3. The third kappa shape index (κ3) is 5.40. The Labute approximate surface area is 264 Å². The van der Waals surface area contributed by atoms with Crippen LogP contribution in [0.15, 0.2) is 55.2 Å². The Morgan fingerprint density at radius 1 is 0.957 bits per heavy atom. The van der Waals surface area contributed by atoms with Crippen LogP contribution in [0.5, 0.6) is 0 Å². The van der Waals surface area contributed by atoms with Crippen molar-refractivity contribution in [2.45, 2.75) is 39.4 Å². The number of aryl methyl sites for hydroxylation is 3. The molecule has 1 fully saturated rings. The van der Waals surface area contributed by atoms with Crippen LogP contribution in [0.3, 0.4) is 0 Å². The van der Waals surface area contributed by atoms with E-state index < -0.39 is 11.9 Å². The molecule has 0 aliphatic carbocycles. The fourth-order valence-electron chi connectivity index (χ4n) is 6.66. The van der Waals surface area contributed by atoms with Gasteiger partial charge in [0.1, 0.15) is 0 Å². The molecular formula is C34H34F3N7O2. The highest BCUT2D eigenvalue weighted by molar-refractivity contribution is 6.14. The summed E-state index contributed by atoms with van der Waals surface area (Å²) in [4.78, 5) is 27.7. The molecule has 0 N–H and O–H groups in total. The second-order valence-corrected chi connectivity index (χ2v) is 11.9. The van der Waals surface area contributed by atoms with Gasteiger partial charge in [-0.15, -0.1) is 0 Å². The molecule has 0 radical (unpaired) electrons. The Morgan fingerprint density at radius 3 is 2.46 bits per heavy atom. The molecular weight excluding hydrogens is 595 g/mol. The molecule has 2 aliphatic rings. The first-order valence-corrected chi connectivity index (χ1v) is 15.4. The van der Waals surface area contributed by atoms with Gasteiger partial charge in [-0.25, -0.2) is 4.98 Å². The lowest BCUT2D eigenvalue weighted by Gasteiger charge is -2.33. The van der Waals surface area contributed by atoms with Crippen molar-refractivity contribution in [2.24, 2.45) is 7.05 Å². The van der Waals surface area contributed by atoms with E-state index in [2.05, 4.69) is 34.0 Å². The van der Waals surface area contributed by atoms with Gasteiger partial charge in [0, 0.05) is 74.0 Å². The summed E-state index contributed by atoms with van der Waals surface area (Å²) in [5, 5.41) is 4.64. The van der Waals surface area contributed by atoms with Gasteiger partial charge < -0.3 is 19.1 Å². The number of halogens is 3. The summed E-state index contributed by atoms with van der Waals surface area (Å²) in [5.41, 5.74) is 5.55. The van der Waals surface area contributed by atoms with Crippen molar-refractivity contribution in [3.05, 3.63) is 88.9 Å². The zero-order valence-electron chi connectivity index (χ0n) is 25.9. The minimum atomic E-state index is -4.66. The summed E-state index contributed by atoms with van der Waals surface area (Å²) >= 11 is 0. The summed E-state index contributed by atoms with van der Waals surface area (Å²) in [5.74, 6) is -0.255. The number of imidazole rings is 1. The molecule has 46 heavy (non-hydrogen) atoms. The topological polar surface area (TPSA) is 81.3 Å². The first-order chi connectivity index (χ1) is 22.1. The number of ether oxygens (including phenoxy) is 1. The predicted octanol–water partition coefficient (Wildman–Crippen LogP) is 5.81. The molecule has 2 aliphatic heterocycles. The van der Waals surface area contributed by atoms with Crippen molar-refractivity contribution >= 4 is 28.2 Å². The van der Waals surface area contributed by atoms with Crippen molar-refractivity contribution < 1.29 is 22.7 Å². The molecule has 1 saturated heterocycles. The lowest BCUT2D eigenvalue weighted by atomic mass is 9.87. The van der Waals surface area contributed by atoms with Gasteiger partial charge in [0.05, 0.1) is 36.4 Å². The van der Waals surface area contributed by atoms with Gasteiger partial charge in [0.15, 0.2) is 5.69 Å². The Balaban J connectivity index is 1.39. The molecule has 1 amide bonds. The van der Waals surface area contributed by atoms with Crippen LogP contribution in [0.4, 0.5) is 24.5 Å². The maximum atomic E-state index is 14.6. The lowest BCUT2D eigenvalue weighted by molar-refractivity contribution is -0.140. The molecule has 5 aromatic rings. The molecule has 0 bridgehead atoms. The van der Waals surface area contributed by atoms with E-state index in [1.54, 1.807) is 29.7 Å². The highest BCUT2D eigenvalue weighted by atomic mass is 19.4. The van der Waals surface area contributed by atoms with Gasteiger partial charge in [-0.2, -0.15) is 18.3 Å². The standard InChI is InChI=1S/C34H34F3N7O2/c1-4-22-14-27-29(13-21(2)39-31(27)30(17-22)43-9-11-46-12-10-43)44-7-5-24-25(28-19-41(3)40-32(28)34(35,36)37)15-23(16-26(24)33(44)45)18-42-8-6-38-20-42/h6,8,13-17,19-20H,4-5,7,9-12,18H2,1-3H3. The van der Waals surface area contributed by atoms with Crippen molar-refractivity contribution in [3.63, 3.8) is 0 Å². The molecule has 3 aromatic heterocycles. The third-order valence-corrected chi connectivity index (χ3v) is 8.79. The molecule has 0 unspecified atom stereocenters. The van der Waals surface area contributed by atoms with E-state index >= 15 is 0 Å². The number of benzene rings is 2. The van der Waals surface area contributed by atoms with Crippen LogP contribution in [-0.4, -0.2) is 63.1 Å². The van der Waals surface area contributed by atoms with E-state index in [9.17, 15) is 18.0 Å². The van der Waals surface area contributed by atoms with Gasteiger partial charge in [-0.1, -0.05) is 6.92 Å². The molecule has 0 saturated carbocycles. The average Bonchev–Trinajstić information content (AvgIpc) is 3.70. The number of hydrogen-bond acceptors (Lipinski definition) is 6. The number of nitrogens with zero attached hydrogens (tertiary/aromatic N) is 7. The van der Waals surface area contributed by atoms with Crippen molar-refractivity contribution in [1.29, 1.82) is 0 Å². The normalized spacial score (nSPS) is 15.6. The Bertz CT molecular complexity index is 1940. The summed E-state index contributed by atoms with van der Waals surface area (Å²) in [6, 6.07) is 9.78. The number of aromatic nitrogens is 5. The van der Waals surface area contributed by atoms with E-state index in [0.29, 0.717) is 55.0 Å². The van der Waals surface area contributed by atoms with E-state index in [1.807, 2.05) is 23.6 Å². The number of carbonyl (C=O) groups excluding carboxylic acids is 1. The SMILES string of the molecule is CCc1cc(N2CCOCC2)c2nc(C)cc(N3CCc4c(cc(Cn5ccnc5)cc4-c4cn(C)nc4C(F)(F)F)C3=O)c2c1. The second-order valence-electron chi connectivity index (χ2n) is 11.9. The van der Waals surface area contributed by atoms with Crippen LogP contribution >= 0.6 is 0 Å². The fraction of sp³-hybridized carbons (Fsp3) is 0.353. The molecule has 0 atom stereocenters. The van der Waals surface area contributed by atoms with Crippen LogP contribution < -0.4 is 9.80 Å². The fourth-order valence-corrected chi connectivity index (χ4v) is 6.66. The molecule has 9 nitrogen and oxygen atoms in total. The highest BCUT2D eigenvalue weighted by Gasteiger charge is 2.39. The average molecular weight is 630 g/mol. The van der Waals surface area contributed by atoms with Gasteiger partial charge in [0.2, 0.25) is 0 Å². The van der Waals surface area contributed by atoms with Crippen LogP contribution in [-0.2, 0) is 37.3 Å². The molecule has 0 spiro atoms. The maximum absolute atomic E-state index is 14.6. The molecule has 5 heterocycles. The number of carbonyl (C=O) groups is 1.